The summed E-state index contributed by atoms with van der Waals surface area (Å²) in [6.07, 6.45) is 1.52. The number of piperazine rings is 1. The Balaban J connectivity index is 1.41. The second-order valence-corrected chi connectivity index (χ2v) is 8.16. The number of benzene rings is 2. The van der Waals surface area contributed by atoms with E-state index in [0.29, 0.717) is 38.5 Å². The highest BCUT2D eigenvalue weighted by molar-refractivity contribution is 5.91. The molecule has 3 heterocycles. The largest absolute Gasteiger partial charge is 0.497 e. The second kappa shape index (κ2) is 9.88. The molecule has 1 aliphatic heterocycles. The second-order valence-electron chi connectivity index (χ2n) is 8.16. The summed E-state index contributed by atoms with van der Waals surface area (Å²) in [4.78, 5) is 16.9. The monoisotopic (exact) mass is 458 g/mol. The molecule has 0 saturated carbocycles. The molecule has 9 nitrogen and oxygen atoms in total. The number of hydrogen-bond donors (Lipinski definition) is 0. The van der Waals surface area contributed by atoms with Gasteiger partial charge in [0.25, 0.3) is 5.91 Å². The van der Waals surface area contributed by atoms with Crippen LogP contribution in [0.5, 0.6) is 5.75 Å². The Kier molecular flexibility index (Phi) is 6.35. The molecule has 0 unspecified atom stereocenters. The molecule has 1 atom stereocenters. The van der Waals surface area contributed by atoms with Crippen molar-refractivity contribution in [2.24, 2.45) is 0 Å². The molecule has 1 aliphatic rings. The first kappa shape index (κ1) is 21.8. The van der Waals surface area contributed by atoms with Gasteiger partial charge < -0.3 is 14.1 Å². The Morgan fingerprint density at radius 1 is 1.00 bits per heavy atom. The van der Waals surface area contributed by atoms with Crippen molar-refractivity contribution in [3.05, 3.63) is 95.7 Å². The number of ether oxygens (including phenoxy) is 1. The van der Waals surface area contributed by atoms with Crippen molar-refractivity contribution in [2.45, 2.75) is 12.6 Å². The molecule has 9 heteroatoms. The normalized spacial score (nSPS) is 15.3. The van der Waals surface area contributed by atoms with Crippen molar-refractivity contribution < 1.29 is 13.9 Å². The van der Waals surface area contributed by atoms with Gasteiger partial charge in [0, 0.05) is 26.2 Å². The van der Waals surface area contributed by atoms with Crippen LogP contribution >= 0.6 is 0 Å². The van der Waals surface area contributed by atoms with Gasteiger partial charge in [-0.15, -0.1) is 5.10 Å². The van der Waals surface area contributed by atoms with E-state index < -0.39 is 0 Å². The lowest BCUT2D eigenvalue weighted by atomic mass is 10.0. The number of furan rings is 1. The van der Waals surface area contributed by atoms with Crippen LogP contribution in [0.25, 0.3) is 0 Å². The fourth-order valence-corrected chi connectivity index (χ4v) is 4.33. The third-order valence-electron chi connectivity index (χ3n) is 6.11. The van der Waals surface area contributed by atoms with E-state index in [4.69, 9.17) is 9.15 Å². The van der Waals surface area contributed by atoms with Gasteiger partial charge in [0.1, 0.15) is 5.75 Å². The van der Waals surface area contributed by atoms with Crippen LogP contribution in [-0.2, 0) is 6.54 Å². The number of hydrogen-bond acceptors (Lipinski definition) is 7. The van der Waals surface area contributed by atoms with Crippen molar-refractivity contribution in [3.63, 3.8) is 0 Å². The first-order valence-electron chi connectivity index (χ1n) is 11.2. The molecule has 1 saturated heterocycles. The Labute approximate surface area is 197 Å². The van der Waals surface area contributed by atoms with Gasteiger partial charge in [-0.1, -0.05) is 42.5 Å². The zero-order valence-corrected chi connectivity index (χ0v) is 18.9. The van der Waals surface area contributed by atoms with Gasteiger partial charge in [0.2, 0.25) is 0 Å². The van der Waals surface area contributed by atoms with Crippen molar-refractivity contribution in [2.75, 3.05) is 33.3 Å². The number of nitrogens with zero attached hydrogens (tertiary/aromatic N) is 6. The van der Waals surface area contributed by atoms with Crippen molar-refractivity contribution >= 4 is 5.91 Å². The molecule has 2 aromatic carbocycles. The maximum atomic E-state index is 12.7. The molecule has 0 radical (unpaired) electrons. The third kappa shape index (κ3) is 4.55. The number of aromatic nitrogens is 4. The van der Waals surface area contributed by atoms with Crippen LogP contribution < -0.4 is 4.74 Å². The van der Waals surface area contributed by atoms with Gasteiger partial charge in [0.05, 0.1) is 26.0 Å². The highest BCUT2D eigenvalue weighted by Crippen LogP contribution is 2.30. The SMILES string of the molecule is COc1ccc([C@H](c2nnnn2Cc2ccccc2)N2CCN(C(=O)c3ccco3)CC2)cc1. The number of amides is 1. The molecule has 5 rings (SSSR count). The topological polar surface area (TPSA) is 89.5 Å². The fourth-order valence-electron chi connectivity index (χ4n) is 4.33. The predicted octanol–water partition coefficient (Wildman–Crippen LogP) is 2.87. The van der Waals surface area contributed by atoms with Crippen molar-refractivity contribution in [3.8, 4) is 5.75 Å². The van der Waals surface area contributed by atoms with Crippen LogP contribution in [-0.4, -0.2) is 69.2 Å². The fraction of sp³-hybridized carbons (Fsp3) is 0.280. The summed E-state index contributed by atoms with van der Waals surface area (Å²) < 4.78 is 12.5. The zero-order chi connectivity index (χ0) is 23.3. The maximum Gasteiger partial charge on any atom is 0.289 e. The first-order chi connectivity index (χ1) is 16.7. The van der Waals surface area contributed by atoms with E-state index in [1.165, 1.54) is 6.26 Å². The highest BCUT2D eigenvalue weighted by Gasteiger charge is 2.32. The molecule has 1 fully saturated rings. The summed E-state index contributed by atoms with van der Waals surface area (Å²) in [5, 5.41) is 12.7. The lowest BCUT2D eigenvalue weighted by Gasteiger charge is -2.38. The number of carbonyl (C=O) groups is 1. The van der Waals surface area contributed by atoms with E-state index in [1.807, 2.05) is 52.0 Å². The Bertz CT molecular complexity index is 1200. The summed E-state index contributed by atoms with van der Waals surface area (Å²) in [6, 6.07) is 21.4. The summed E-state index contributed by atoms with van der Waals surface area (Å²) >= 11 is 0. The standard InChI is InChI=1S/C25H26N6O3/c1-33-21-11-9-20(10-12-21)23(24-26-27-28-31(24)18-19-6-3-2-4-7-19)29-13-15-30(16-14-29)25(32)22-8-5-17-34-22/h2-12,17,23H,13-16,18H2,1H3/t23-/m1/s1. The number of methoxy groups -OCH3 is 1. The van der Waals surface area contributed by atoms with E-state index in [9.17, 15) is 4.79 Å². The lowest BCUT2D eigenvalue weighted by molar-refractivity contribution is 0.0559. The maximum absolute atomic E-state index is 12.7. The molecule has 34 heavy (non-hydrogen) atoms. The molecule has 2 aromatic heterocycles. The minimum Gasteiger partial charge on any atom is -0.497 e. The quantitative estimate of drug-likeness (QED) is 0.421. The summed E-state index contributed by atoms with van der Waals surface area (Å²) in [7, 11) is 1.65. The van der Waals surface area contributed by atoms with Crippen LogP contribution in [0.1, 0.15) is 33.5 Å². The van der Waals surface area contributed by atoms with Crippen LogP contribution in [0.2, 0.25) is 0 Å². The van der Waals surface area contributed by atoms with Gasteiger partial charge >= 0.3 is 0 Å². The minimum atomic E-state index is -0.162. The first-order valence-corrected chi connectivity index (χ1v) is 11.2. The Hall–Kier alpha value is -3.98. The number of carbonyl (C=O) groups excluding carboxylic acids is 1. The van der Waals surface area contributed by atoms with E-state index in [-0.39, 0.29) is 11.9 Å². The summed E-state index contributed by atoms with van der Waals surface area (Å²) in [5.41, 5.74) is 2.19. The van der Waals surface area contributed by atoms with Crippen LogP contribution in [0.3, 0.4) is 0 Å². The molecular weight excluding hydrogens is 432 g/mol. The van der Waals surface area contributed by atoms with E-state index in [1.54, 1.807) is 19.2 Å². The van der Waals surface area contributed by atoms with Gasteiger partial charge in [-0.25, -0.2) is 4.68 Å². The molecule has 0 bridgehead atoms. The molecule has 0 N–H and O–H groups in total. The molecule has 0 aliphatic carbocycles. The average molecular weight is 459 g/mol. The minimum absolute atomic E-state index is 0.0837. The average Bonchev–Trinajstić information content (AvgIpc) is 3.58. The molecule has 4 aromatic rings. The van der Waals surface area contributed by atoms with Crippen LogP contribution in [0.4, 0.5) is 0 Å². The molecular formula is C25H26N6O3. The molecule has 0 spiro atoms. The van der Waals surface area contributed by atoms with Gasteiger partial charge in [-0.05, 0) is 45.8 Å². The summed E-state index contributed by atoms with van der Waals surface area (Å²) in [5.74, 6) is 1.84. The lowest BCUT2D eigenvalue weighted by Crippen LogP contribution is -2.50. The van der Waals surface area contributed by atoms with Crippen LogP contribution in [0.15, 0.2) is 77.4 Å². The number of rotatable bonds is 7. The predicted molar refractivity (Wildman–Crippen MR) is 124 cm³/mol. The van der Waals surface area contributed by atoms with E-state index >= 15 is 0 Å². The van der Waals surface area contributed by atoms with Gasteiger partial charge in [0.15, 0.2) is 11.6 Å². The van der Waals surface area contributed by atoms with Crippen molar-refractivity contribution in [1.29, 1.82) is 0 Å². The van der Waals surface area contributed by atoms with Gasteiger partial charge in [-0.2, -0.15) is 0 Å². The highest BCUT2D eigenvalue weighted by atomic mass is 16.5. The van der Waals surface area contributed by atoms with Crippen LogP contribution in [0, 0.1) is 0 Å². The molecule has 1 amide bonds. The van der Waals surface area contributed by atoms with E-state index in [0.717, 1.165) is 22.7 Å². The Morgan fingerprint density at radius 2 is 1.76 bits per heavy atom. The zero-order valence-electron chi connectivity index (χ0n) is 18.9. The summed E-state index contributed by atoms with van der Waals surface area (Å²) in [6.45, 7) is 3.12. The number of tetrazole rings is 1. The molecule has 174 valence electrons. The smallest absolute Gasteiger partial charge is 0.289 e. The van der Waals surface area contributed by atoms with E-state index in [2.05, 4.69) is 32.6 Å². The third-order valence-corrected chi connectivity index (χ3v) is 6.11. The Morgan fingerprint density at radius 3 is 2.44 bits per heavy atom. The van der Waals surface area contributed by atoms with Crippen molar-refractivity contribution in [1.82, 2.24) is 30.0 Å². The van der Waals surface area contributed by atoms with Gasteiger partial charge in [-0.3, -0.25) is 9.69 Å².